The summed E-state index contributed by atoms with van der Waals surface area (Å²) < 4.78 is 71.8. The second-order valence-electron chi connectivity index (χ2n) is 8.64. The highest BCUT2D eigenvalue weighted by molar-refractivity contribution is 5.71. The SMILES string of the molecule is FC(F)Cn1ncc2ncc(N3CCC4(CC3)CC(Oc3ncccc3C(F)(F)F)C4)nc21. The van der Waals surface area contributed by atoms with Gasteiger partial charge in [0, 0.05) is 19.3 Å². The zero-order chi connectivity index (χ0) is 23.2. The van der Waals surface area contributed by atoms with Crippen LogP contribution in [0.3, 0.4) is 0 Å². The molecule has 2 fully saturated rings. The molecule has 0 radical (unpaired) electrons. The van der Waals surface area contributed by atoms with Crippen molar-refractivity contribution in [2.45, 2.75) is 50.9 Å². The predicted molar refractivity (Wildman–Crippen MR) is 108 cm³/mol. The number of hydrogen-bond acceptors (Lipinski definition) is 6. The minimum Gasteiger partial charge on any atom is -0.474 e. The molecule has 0 atom stereocenters. The first-order chi connectivity index (χ1) is 15.7. The third-order valence-electron chi connectivity index (χ3n) is 6.47. The van der Waals surface area contributed by atoms with E-state index >= 15 is 0 Å². The number of aromatic nitrogens is 5. The molecular formula is C21H21F5N6O. The molecule has 176 valence electrons. The summed E-state index contributed by atoms with van der Waals surface area (Å²) in [5, 5.41) is 3.93. The van der Waals surface area contributed by atoms with Gasteiger partial charge in [0.1, 0.15) is 29.5 Å². The lowest BCUT2D eigenvalue weighted by molar-refractivity contribution is -0.141. The van der Waals surface area contributed by atoms with Crippen LogP contribution in [0.4, 0.5) is 27.8 Å². The topological polar surface area (TPSA) is 69.0 Å². The van der Waals surface area contributed by atoms with E-state index in [0.717, 1.165) is 23.6 Å². The molecule has 3 aromatic heterocycles. The predicted octanol–water partition coefficient (Wildman–Crippen LogP) is 4.33. The van der Waals surface area contributed by atoms with Crippen molar-refractivity contribution in [3.05, 3.63) is 36.3 Å². The standard InChI is InChI=1S/C21H21F5N6O/c22-16(23)12-32-18-15(10-29-32)28-11-17(30-18)31-6-3-20(4-7-31)8-13(9-20)33-19-14(21(24,25)26)2-1-5-27-19/h1-2,5,10-11,13,16H,3-4,6-9,12H2. The smallest absolute Gasteiger partial charge is 0.421 e. The highest BCUT2D eigenvalue weighted by Crippen LogP contribution is 2.51. The number of fused-ring (bicyclic) bond motifs is 1. The Bertz CT molecular complexity index is 1130. The minimum absolute atomic E-state index is 0.0172. The van der Waals surface area contributed by atoms with Crippen LogP contribution in [0.15, 0.2) is 30.7 Å². The Labute approximate surface area is 185 Å². The van der Waals surface area contributed by atoms with Gasteiger partial charge >= 0.3 is 6.18 Å². The lowest BCUT2D eigenvalue weighted by atomic mass is 9.61. The molecule has 0 bridgehead atoms. The van der Waals surface area contributed by atoms with E-state index in [9.17, 15) is 22.0 Å². The summed E-state index contributed by atoms with van der Waals surface area (Å²) in [5.74, 6) is 0.232. The summed E-state index contributed by atoms with van der Waals surface area (Å²) in [7, 11) is 0. The van der Waals surface area contributed by atoms with E-state index in [0.29, 0.717) is 42.9 Å². The fourth-order valence-corrected chi connectivity index (χ4v) is 4.72. The fourth-order valence-electron chi connectivity index (χ4n) is 4.72. The molecule has 12 heteroatoms. The van der Waals surface area contributed by atoms with E-state index < -0.39 is 24.7 Å². The molecule has 1 saturated heterocycles. The number of alkyl halides is 5. The summed E-state index contributed by atoms with van der Waals surface area (Å²) in [4.78, 5) is 14.6. The summed E-state index contributed by atoms with van der Waals surface area (Å²) in [6, 6.07) is 2.22. The van der Waals surface area contributed by atoms with E-state index in [2.05, 4.69) is 20.1 Å². The Morgan fingerprint density at radius 3 is 2.58 bits per heavy atom. The zero-order valence-electron chi connectivity index (χ0n) is 17.5. The first-order valence-corrected chi connectivity index (χ1v) is 10.6. The van der Waals surface area contributed by atoms with Crippen LogP contribution in [-0.4, -0.2) is 50.4 Å². The Hall–Kier alpha value is -3.05. The summed E-state index contributed by atoms with van der Waals surface area (Å²) >= 11 is 0. The van der Waals surface area contributed by atoms with Crippen molar-refractivity contribution in [1.82, 2.24) is 24.7 Å². The summed E-state index contributed by atoms with van der Waals surface area (Å²) in [5.41, 5.74) is -0.0648. The van der Waals surface area contributed by atoms with Gasteiger partial charge in [-0.25, -0.2) is 28.4 Å². The minimum atomic E-state index is -4.51. The van der Waals surface area contributed by atoms with E-state index in [1.165, 1.54) is 18.5 Å². The number of pyridine rings is 1. The molecule has 5 rings (SSSR count). The normalized spacial score (nSPS) is 18.8. The van der Waals surface area contributed by atoms with Crippen LogP contribution in [0.25, 0.3) is 11.2 Å². The van der Waals surface area contributed by atoms with Crippen LogP contribution in [0.5, 0.6) is 5.88 Å². The van der Waals surface area contributed by atoms with Crippen molar-refractivity contribution >= 4 is 17.0 Å². The molecule has 1 spiro atoms. The number of ether oxygens (including phenoxy) is 1. The van der Waals surface area contributed by atoms with Crippen molar-refractivity contribution < 1.29 is 26.7 Å². The van der Waals surface area contributed by atoms with Gasteiger partial charge in [0.15, 0.2) is 5.65 Å². The van der Waals surface area contributed by atoms with Crippen molar-refractivity contribution in [3.63, 3.8) is 0 Å². The Kier molecular flexibility index (Phi) is 5.32. The van der Waals surface area contributed by atoms with Crippen LogP contribution < -0.4 is 9.64 Å². The fraction of sp³-hybridized carbons (Fsp3) is 0.524. The van der Waals surface area contributed by atoms with Crippen LogP contribution in [0.2, 0.25) is 0 Å². The molecule has 2 aliphatic rings. The number of piperidine rings is 1. The first-order valence-electron chi connectivity index (χ1n) is 10.6. The average molecular weight is 468 g/mol. The molecular weight excluding hydrogens is 447 g/mol. The van der Waals surface area contributed by atoms with Gasteiger partial charge in [-0.3, -0.25) is 0 Å². The molecule has 1 saturated carbocycles. The van der Waals surface area contributed by atoms with Crippen molar-refractivity contribution in [1.29, 1.82) is 0 Å². The van der Waals surface area contributed by atoms with Gasteiger partial charge < -0.3 is 9.64 Å². The monoisotopic (exact) mass is 468 g/mol. The second-order valence-corrected chi connectivity index (χ2v) is 8.64. The van der Waals surface area contributed by atoms with Gasteiger partial charge in [-0.1, -0.05) is 0 Å². The average Bonchev–Trinajstić information content (AvgIpc) is 3.14. The number of hydrogen-bond donors (Lipinski definition) is 0. The van der Waals surface area contributed by atoms with Crippen LogP contribution in [0.1, 0.15) is 31.2 Å². The number of anilines is 1. The van der Waals surface area contributed by atoms with Gasteiger partial charge in [0.05, 0.1) is 12.4 Å². The van der Waals surface area contributed by atoms with E-state index in [4.69, 9.17) is 4.74 Å². The van der Waals surface area contributed by atoms with Gasteiger partial charge in [0.2, 0.25) is 5.88 Å². The third kappa shape index (κ3) is 4.30. The number of rotatable bonds is 5. The Morgan fingerprint density at radius 2 is 1.88 bits per heavy atom. The number of halogens is 5. The second kappa shape index (κ2) is 8.07. The van der Waals surface area contributed by atoms with Gasteiger partial charge in [-0.05, 0) is 43.2 Å². The van der Waals surface area contributed by atoms with E-state index in [-0.39, 0.29) is 17.4 Å². The van der Waals surface area contributed by atoms with Crippen LogP contribution in [0, 0.1) is 5.41 Å². The maximum Gasteiger partial charge on any atom is 0.421 e. The maximum absolute atomic E-state index is 13.2. The lowest BCUT2D eigenvalue weighted by Gasteiger charge is -2.51. The highest BCUT2D eigenvalue weighted by atomic mass is 19.4. The molecule has 3 aromatic rings. The van der Waals surface area contributed by atoms with Gasteiger partial charge in [0.25, 0.3) is 6.43 Å². The summed E-state index contributed by atoms with van der Waals surface area (Å²) in [6.07, 6.45) is -0.0318. The quantitative estimate of drug-likeness (QED) is 0.519. The van der Waals surface area contributed by atoms with Gasteiger partial charge in [-0.15, -0.1) is 0 Å². The Morgan fingerprint density at radius 1 is 1.12 bits per heavy atom. The van der Waals surface area contributed by atoms with Crippen molar-refractivity contribution in [2.24, 2.45) is 5.41 Å². The summed E-state index contributed by atoms with van der Waals surface area (Å²) in [6.45, 7) is 0.832. The maximum atomic E-state index is 13.2. The first kappa shape index (κ1) is 21.8. The molecule has 7 nitrogen and oxygen atoms in total. The van der Waals surface area contributed by atoms with E-state index in [1.54, 1.807) is 6.20 Å². The molecule has 4 heterocycles. The van der Waals surface area contributed by atoms with Crippen molar-refractivity contribution in [2.75, 3.05) is 18.0 Å². The molecule has 0 aromatic carbocycles. The molecule has 0 amide bonds. The largest absolute Gasteiger partial charge is 0.474 e. The molecule has 33 heavy (non-hydrogen) atoms. The Balaban J connectivity index is 1.21. The van der Waals surface area contributed by atoms with Crippen molar-refractivity contribution in [3.8, 4) is 5.88 Å². The lowest BCUT2D eigenvalue weighted by Crippen LogP contribution is -2.51. The molecule has 0 unspecified atom stereocenters. The molecule has 0 N–H and O–H groups in total. The number of nitrogens with zero attached hydrogens (tertiary/aromatic N) is 6. The van der Waals surface area contributed by atoms with Crippen LogP contribution >= 0.6 is 0 Å². The van der Waals surface area contributed by atoms with Gasteiger partial charge in [-0.2, -0.15) is 18.3 Å². The third-order valence-corrected chi connectivity index (χ3v) is 6.47. The molecule has 1 aliphatic carbocycles. The van der Waals surface area contributed by atoms with Crippen LogP contribution in [-0.2, 0) is 12.7 Å². The molecule has 1 aliphatic heterocycles. The highest BCUT2D eigenvalue weighted by Gasteiger charge is 2.48. The van der Waals surface area contributed by atoms with E-state index in [1.807, 2.05) is 4.90 Å². The zero-order valence-corrected chi connectivity index (χ0v) is 17.5.